The first-order valence-electron chi connectivity index (χ1n) is 7.29. The fourth-order valence-electron chi connectivity index (χ4n) is 2.54. The first-order valence-corrected chi connectivity index (χ1v) is 7.29. The summed E-state index contributed by atoms with van der Waals surface area (Å²) >= 11 is 0. The van der Waals surface area contributed by atoms with Gasteiger partial charge in [0.05, 0.1) is 5.56 Å². The van der Waals surface area contributed by atoms with Crippen molar-refractivity contribution < 1.29 is 18.7 Å². The summed E-state index contributed by atoms with van der Waals surface area (Å²) in [5, 5.41) is 9.25. The highest BCUT2D eigenvalue weighted by Gasteiger charge is 2.13. The first-order chi connectivity index (χ1) is 11.5. The molecular formula is C18H14F2N2O2. The van der Waals surface area contributed by atoms with Crippen LogP contribution in [0.1, 0.15) is 27.3 Å². The van der Waals surface area contributed by atoms with E-state index >= 15 is 0 Å². The highest BCUT2D eigenvalue weighted by Crippen LogP contribution is 2.16. The second kappa shape index (κ2) is 6.62. The van der Waals surface area contributed by atoms with Crippen LogP contribution in [0.25, 0.3) is 0 Å². The molecule has 1 N–H and O–H groups in total. The summed E-state index contributed by atoms with van der Waals surface area (Å²) in [6.45, 7) is 0.306. The summed E-state index contributed by atoms with van der Waals surface area (Å²) in [6, 6.07) is 10.1. The Morgan fingerprint density at radius 1 is 1.12 bits per heavy atom. The number of imidazole rings is 1. The lowest BCUT2D eigenvalue weighted by molar-refractivity contribution is 0.0695. The van der Waals surface area contributed by atoms with E-state index in [0.29, 0.717) is 23.5 Å². The Balaban J connectivity index is 1.87. The van der Waals surface area contributed by atoms with Crippen LogP contribution >= 0.6 is 0 Å². The normalized spacial score (nSPS) is 10.8. The average molecular weight is 328 g/mol. The zero-order valence-electron chi connectivity index (χ0n) is 12.6. The summed E-state index contributed by atoms with van der Waals surface area (Å²) in [6.07, 6.45) is 3.46. The third kappa shape index (κ3) is 3.32. The van der Waals surface area contributed by atoms with Crippen molar-refractivity contribution in [3.63, 3.8) is 0 Å². The van der Waals surface area contributed by atoms with Gasteiger partial charge in [-0.3, -0.25) is 0 Å². The largest absolute Gasteiger partial charge is 0.478 e. The van der Waals surface area contributed by atoms with E-state index in [1.165, 1.54) is 18.2 Å². The molecule has 0 aliphatic heterocycles. The monoisotopic (exact) mass is 328 g/mol. The van der Waals surface area contributed by atoms with Crippen LogP contribution in [-0.4, -0.2) is 20.6 Å². The molecule has 1 aromatic heterocycles. The van der Waals surface area contributed by atoms with Gasteiger partial charge in [0.1, 0.15) is 17.5 Å². The van der Waals surface area contributed by atoms with Gasteiger partial charge in [-0.2, -0.15) is 0 Å². The van der Waals surface area contributed by atoms with Gasteiger partial charge < -0.3 is 9.67 Å². The molecule has 0 spiro atoms. The fraction of sp³-hybridized carbons (Fsp3) is 0.111. The van der Waals surface area contributed by atoms with Crippen LogP contribution in [0, 0.1) is 11.6 Å². The first kappa shape index (κ1) is 15.9. The van der Waals surface area contributed by atoms with Crippen LogP contribution in [0.15, 0.2) is 54.9 Å². The zero-order chi connectivity index (χ0) is 17.1. The van der Waals surface area contributed by atoms with Gasteiger partial charge in [0.25, 0.3) is 0 Å². The van der Waals surface area contributed by atoms with E-state index in [0.717, 1.165) is 6.07 Å². The van der Waals surface area contributed by atoms with E-state index in [1.54, 1.807) is 35.2 Å². The molecule has 24 heavy (non-hydrogen) atoms. The Hall–Kier alpha value is -3.02. The van der Waals surface area contributed by atoms with E-state index in [9.17, 15) is 18.7 Å². The molecule has 3 aromatic rings. The van der Waals surface area contributed by atoms with Crippen molar-refractivity contribution in [2.45, 2.75) is 13.0 Å². The number of aromatic carboxylic acids is 1. The number of halogens is 2. The number of rotatable bonds is 5. The van der Waals surface area contributed by atoms with Crippen LogP contribution in [0.3, 0.4) is 0 Å². The third-order valence-corrected chi connectivity index (χ3v) is 3.75. The summed E-state index contributed by atoms with van der Waals surface area (Å²) < 4.78 is 28.6. The minimum absolute atomic E-state index is 0.189. The van der Waals surface area contributed by atoms with E-state index in [-0.39, 0.29) is 12.0 Å². The molecule has 1 heterocycles. The molecule has 0 bridgehead atoms. The second-order valence-electron chi connectivity index (χ2n) is 5.35. The van der Waals surface area contributed by atoms with Crippen molar-refractivity contribution in [3.05, 3.63) is 89.0 Å². The van der Waals surface area contributed by atoms with E-state index in [1.807, 2.05) is 0 Å². The van der Waals surface area contributed by atoms with E-state index < -0.39 is 17.6 Å². The van der Waals surface area contributed by atoms with Gasteiger partial charge in [0.15, 0.2) is 0 Å². The maximum absolute atomic E-state index is 13.8. The van der Waals surface area contributed by atoms with Gasteiger partial charge in [-0.15, -0.1) is 0 Å². The number of benzene rings is 2. The van der Waals surface area contributed by atoms with Gasteiger partial charge >= 0.3 is 5.97 Å². The lowest BCUT2D eigenvalue weighted by Crippen LogP contribution is -2.10. The number of aromatic nitrogens is 2. The fourth-order valence-corrected chi connectivity index (χ4v) is 2.54. The maximum Gasteiger partial charge on any atom is 0.336 e. The Morgan fingerprint density at radius 3 is 2.67 bits per heavy atom. The third-order valence-electron chi connectivity index (χ3n) is 3.75. The summed E-state index contributed by atoms with van der Waals surface area (Å²) in [4.78, 5) is 15.5. The number of carboxylic acid groups (broad SMARTS) is 1. The molecule has 6 heteroatoms. The number of carboxylic acids is 1. The number of hydrogen-bond acceptors (Lipinski definition) is 2. The van der Waals surface area contributed by atoms with E-state index in [2.05, 4.69) is 4.98 Å². The highest BCUT2D eigenvalue weighted by atomic mass is 19.1. The van der Waals surface area contributed by atoms with Crippen molar-refractivity contribution in [2.24, 2.45) is 0 Å². The Labute approximate surface area is 137 Å². The molecular weight excluding hydrogens is 314 g/mol. The van der Waals surface area contributed by atoms with Crippen LogP contribution in [0.2, 0.25) is 0 Å². The van der Waals surface area contributed by atoms with Crippen LogP contribution in [-0.2, 0) is 13.0 Å². The molecule has 4 nitrogen and oxygen atoms in total. The molecule has 122 valence electrons. The van der Waals surface area contributed by atoms with Gasteiger partial charge in [0.2, 0.25) is 0 Å². The van der Waals surface area contributed by atoms with Crippen LogP contribution < -0.4 is 0 Å². The average Bonchev–Trinajstić information content (AvgIpc) is 2.97. The van der Waals surface area contributed by atoms with Crippen molar-refractivity contribution in [3.8, 4) is 0 Å². The number of hydrogen-bond donors (Lipinski definition) is 1. The van der Waals surface area contributed by atoms with Gasteiger partial charge in [-0.1, -0.05) is 24.3 Å². The van der Waals surface area contributed by atoms with Crippen molar-refractivity contribution in [2.75, 3.05) is 0 Å². The molecule has 0 unspecified atom stereocenters. The molecule has 0 radical (unpaired) electrons. The summed E-state index contributed by atoms with van der Waals surface area (Å²) in [7, 11) is 0. The van der Waals surface area contributed by atoms with Crippen LogP contribution in [0.5, 0.6) is 0 Å². The molecule has 0 saturated carbocycles. The molecule has 0 aliphatic carbocycles. The predicted octanol–water partition coefficient (Wildman–Crippen LogP) is 3.50. The molecule has 0 atom stereocenters. The molecule has 2 aromatic carbocycles. The van der Waals surface area contributed by atoms with Crippen molar-refractivity contribution in [1.29, 1.82) is 0 Å². The van der Waals surface area contributed by atoms with Gasteiger partial charge in [-0.25, -0.2) is 18.6 Å². The molecule has 3 rings (SSSR count). The second-order valence-corrected chi connectivity index (χ2v) is 5.35. The number of carbonyl (C=O) groups is 1. The number of nitrogens with zero attached hydrogens (tertiary/aromatic N) is 2. The maximum atomic E-state index is 13.8. The van der Waals surface area contributed by atoms with Crippen LogP contribution in [0.4, 0.5) is 8.78 Å². The topological polar surface area (TPSA) is 55.1 Å². The molecule has 0 fully saturated rings. The van der Waals surface area contributed by atoms with Crippen molar-refractivity contribution >= 4 is 5.97 Å². The highest BCUT2D eigenvalue weighted by molar-refractivity contribution is 5.89. The predicted molar refractivity (Wildman–Crippen MR) is 83.9 cm³/mol. The smallest absolute Gasteiger partial charge is 0.336 e. The standard InChI is InChI=1S/C18H14F2N2O2/c19-14-6-5-12(16(20)10-14)9-17-21-7-8-22(17)11-13-3-1-2-4-15(13)18(23)24/h1-8,10H,9,11H2,(H,23,24). The Morgan fingerprint density at radius 2 is 1.92 bits per heavy atom. The lowest BCUT2D eigenvalue weighted by atomic mass is 10.1. The summed E-state index contributed by atoms with van der Waals surface area (Å²) in [5.74, 6) is -1.69. The van der Waals surface area contributed by atoms with Crippen molar-refractivity contribution in [1.82, 2.24) is 9.55 Å². The lowest BCUT2D eigenvalue weighted by Gasteiger charge is -2.11. The summed E-state index contributed by atoms with van der Waals surface area (Å²) in [5.41, 5.74) is 1.17. The van der Waals surface area contributed by atoms with E-state index in [4.69, 9.17) is 0 Å². The minimum Gasteiger partial charge on any atom is -0.478 e. The minimum atomic E-state index is -1.00. The SMILES string of the molecule is O=C(O)c1ccccc1Cn1ccnc1Cc1ccc(F)cc1F. The zero-order valence-corrected chi connectivity index (χ0v) is 12.6. The molecule has 0 aliphatic rings. The molecule has 0 amide bonds. The van der Waals surface area contributed by atoms with Gasteiger partial charge in [-0.05, 0) is 23.3 Å². The Bertz CT molecular complexity index is 890. The quantitative estimate of drug-likeness (QED) is 0.780. The van der Waals surface area contributed by atoms with Gasteiger partial charge in [0, 0.05) is 31.4 Å². The Kier molecular flexibility index (Phi) is 4.37. The molecule has 0 saturated heterocycles.